The van der Waals surface area contributed by atoms with Crippen molar-refractivity contribution in [3.05, 3.63) is 35.0 Å². The average molecular weight is 270 g/mol. The average Bonchev–Trinajstić information content (AvgIpc) is 3.01. The number of rotatable bonds is 2. The molecule has 3 N–H and O–H groups in total. The number of aromatic nitrogens is 2. The minimum atomic E-state index is 0.136. The van der Waals surface area contributed by atoms with E-state index in [1.54, 1.807) is 11.6 Å². The van der Waals surface area contributed by atoms with E-state index in [2.05, 4.69) is 22.3 Å². The van der Waals surface area contributed by atoms with E-state index in [1.807, 2.05) is 13.1 Å². The maximum atomic E-state index is 10.4. The third kappa shape index (κ3) is 1.86. The third-order valence-corrected chi connectivity index (χ3v) is 3.93. The fraction of sp³-hybridized carbons (Fsp3) is 0.333. The molecule has 0 aliphatic heterocycles. The second-order valence-corrected chi connectivity index (χ2v) is 5.22. The molecule has 2 aromatic rings. The summed E-state index contributed by atoms with van der Waals surface area (Å²) in [4.78, 5) is 0. The van der Waals surface area contributed by atoms with Crippen molar-refractivity contribution >= 4 is 5.71 Å². The Morgan fingerprint density at radius 1 is 1.35 bits per heavy atom. The van der Waals surface area contributed by atoms with Gasteiger partial charge in [-0.05, 0) is 43.4 Å². The molecule has 0 atom stereocenters. The summed E-state index contributed by atoms with van der Waals surface area (Å²) in [7, 11) is 1.82. The molecule has 0 bridgehead atoms. The van der Waals surface area contributed by atoms with E-state index in [0.29, 0.717) is 17.1 Å². The van der Waals surface area contributed by atoms with Crippen molar-refractivity contribution in [2.45, 2.75) is 26.2 Å². The number of nitrogens with two attached hydrogens (primary N) is 1. The van der Waals surface area contributed by atoms with Crippen molar-refractivity contribution in [2.24, 2.45) is 18.0 Å². The Labute approximate surface area is 117 Å². The predicted octanol–water partition coefficient (Wildman–Crippen LogP) is 1.96. The molecule has 0 saturated carbocycles. The molecule has 1 aliphatic carbocycles. The van der Waals surface area contributed by atoms with Gasteiger partial charge in [0.05, 0.1) is 5.71 Å². The van der Waals surface area contributed by atoms with Gasteiger partial charge >= 0.3 is 0 Å². The van der Waals surface area contributed by atoms with E-state index >= 15 is 0 Å². The highest BCUT2D eigenvalue weighted by atomic mass is 16.3. The molecule has 104 valence electrons. The Balaban J connectivity index is 2.13. The fourth-order valence-corrected chi connectivity index (χ4v) is 2.86. The number of aryl methyl sites for hydroxylation is 3. The number of aromatic hydroxyl groups is 1. The van der Waals surface area contributed by atoms with Crippen LogP contribution in [0.3, 0.4) is 0 Å². The normalized spacial score (nSPS) is 14.6. The molecular weight excluding hydrogens is 252 g/mol. The van der Waals surface area contributed by atoms with Gasteiger partial charge in [0.15, 0.2) is 11.4 Å². The SMILES string of the molecule is C/C(=N\N)c1nn(C)c(-c2ccc3c(c2)CCC3)c1O. The largest absolute Gasteiger partial charge is 0.504 e. The molecule has 1 aromatic carbocycles. The third-order valence-electron chi connectivity index (χ3n) is 3.93. The van der Waals surface area contributed by atoms with Crippen LogP contribution in [-0.2, 0) is 19.9 Å². The van der Waals surface area contributed by atoms with E-state index in [4.69, 9.17) is 5.84 Å². The lowest BCUT2D eigenvalue weighted by Crippen LogP contribution is -2.01. The van der Waals surface area contributed by atoms with Crippen molar-refractivity contribution in [1.82, 2.24) is 9.78 Å². The standard InChI is InChI=1S/C15H18N4O/c1-9(17-16)13-15(20)14(19(2)18-13)12-7-6-10-4-3-5-11(10)8-12/h6-8,20H,3-5,16H2,1-2H3/b17-9+. The van der Waals surface area contributed by atoms with Crippen LogP contribution in [0.5, 0.6) is 5.75 Å². The summed E-state index contributed by atoms with van der Waals surface area (Å²) in [5.74, 6) is 5.41. The van der Waals surface area contributed by atoms with Crippen LogP contribution in [0.15, 0.2) is 23.3 Å². The molecule has 0 unspecified atom stereocenters. The van der Waals surface area contributed by atoms with Gasteiger partial charge in [0.2, 0.25) is 0 Å². The zero-order valence-corrected chi connectivity index (χ0v) is 11.7. The van der Waals surface area contributed by atoms with Gasteiger partial charge in [-0.15, -0.1) is 0 Å². The first-order chi connectivity index (χ1) is 9.61. The van der Waals surface area contributed by atoms with Crippen LogP contribution >= 0.6 is 0 Å². The highest BCUT2D eigenvalue weighted by Crippen LogP contribution is 2.34. The molecule has 1 aliphatic rings. The summed E-state index contributed by atoms with van der Waals surface area (Å²) in [5, 5.41) is 18.3. The van der Waals surface area contributed by atoms with Crippen molar-refractivity contribution in [3.8, 4) is 17.0 Å². The first-order valence-electron chi connectivity index (χ1n) is 6.74. The number of fused-ring (bicyclic) bond motifs is 1. The summed E-state index contributed by atoms with van der Waals surface area (Å²) < 4.78 is 1.68. The second-order valence-electron chi connectivity index (χ2n) is 5.22. The molecule has 0 amide bonds. The molecule has 1 aromatic heterocycles. The van der Waals surface area contributed by atoms with E-state index in [9.17, 15) is 5.11 Å². The van der Waals surface area contributed by atoms with E-state index in [-0.39, 0.29) is 5.75 Å². The van der Waals surface area contributed by atoms with Crippen molar-refractivity contribution < 1.29 is 5.11 Å². The fourth-order valence-electron chi connectivity index (χ4n) is 2.86. The Morgan fingerprint density at radius 2 is 2.10 bits per heavy atom. The van der Waals surface area contributed by atoms with Gasteiger partial charge in [0, 0.05) is 12.6 Å². The Morgan fingerprint density at radius 3 is 2.85 bits per heavy atom. The van der Waals surface area contributed by atoms with Gasteiger partial charge in [-0.1, -0.05) is 12.1 Å². The Bertz CT molecular complexity index is 700. The lowest BCUT2D eigenvalue weighted by atomic mass is 10.0. The molecule has 0 fully saturated rings. The van der Waals surface area contributed by atoms with Crippen LogP contribution in [0.2, 0.25) is 0 Å². The van der Waals surface area contributed by atoms with Gasteiger partial charge in [-0.2, -0.15) is 10.2 Å². The highest BCUT2D eigenvalue weighted by Gasteiger charge is 2.20. The summed E-state index contributed by atoms with van der Waals surface area (Å²) in [6, 6.07) is 6.34. The van der Waals surface area contributed by atoms with Gasteiger partial charge in [0.25, 0.3) is 0 Å². The zero-order valence-electron chi connectivity index (χ0n) is 11.7. The first kappa shape index (κ1) is 12.7. The molecule has 5 nitrogen and oxygen atoms in total. The maximum absolute atomic E-state index is 10.4. The number of hydrogen-bond donors (Lipinski definition) is 2. The topological polar surface area (TPSA) is 76.4 Å². The molecule has 1 heterocycles. The van der Waals surface area contributed by atoms with Gasteiger partial charge < -0.3 is 10.9 Å². The summed E-state index contributed by atoms with van der Waals surface area (Å²) in [6.07, 6.45) is 3.47. The monoisotopic (exact) mass is 270 g/mol. The lowest BCUT2D eigenvalue weighted by Gasteiger charge is -2.06. The summed E-state index contributed by atoms with van der Waals surface area (Å²) >= 11 is 0. The minimum absolute atomic E-state index is 0.136. The quantitative estimate of drug-likeness (QED) is 0.497. The summed E-state index contributed by atoms with van der Waals surface area (Å²) in [5.41, 5.74) is 5.42. The first-order valence-corrected chi connectivity index (χ1v) is 6.74. The summed E-state index contributed by atoms with van der Waals surface area (Å²) in [6.45, 7) is 1.73. The highest BCUT2D eigenvalue weighted by molar-refractivity contribution is 6.00. The van der Waals surface area contributed by atoms with Crippen LogP contribution < -0.4 is 5.84 Å². The van der Waals surface area contributed by atoms with Crippen molar-refractivity contribution in [3.63, 3.8) is 0 Å². The van der Waals surface area contributed by atoms with Crippen molar-refractivity contribution in [2.75, 3.05) is 0 Å². The van der Waals surface area contributed by atoms with Crippen LogP contribution in [-0.4, -0.2) is 20.6 Å². The minimum Gasteiger partial charge on any atom is -0.504 e. The lowest BCUT2D eigenvalue weighted by molar-refractivity contribution is 0.475. The van der Waals surface area contributed by atoms with E-state index in [0.717, 1.165) is 18.4 Å². The number of hydrazone groups is 1. The number of hydrogen-bond acceptors (Lipinski definition) is 4. The second kappa shape index (κ2) is 4.67. The molecular formula is C15H18N4O. The van der Waals surface area contributed by atoms with Crippen LogP contribution in [0, 0.1) is 0 Å². The van der Waals surface area contributed by atoms with Gasteiger partial charge in [-0.3, -0.25) is 4.68 Å². The number of benzene rings is 1. The molecule has 0 spiro atoms. The van der Waals surface area contributed by atoms with Gasteiger partial charge in [0.1, 0.15) is 5.69 Å². The van der Waals surface area contributed by atoms with Crippen LogP contribution in [0.4, 0.5) is 0 Å². The van der Waals surface area contributed by atoms with Gasteiger partial charge in [-0.25, -0.2) is 0 Å². The van der Waals surface area contributed by atoms with Crippen LogP contribution in [0.1, 0.15) is 30.2 Å². The number of nitrogens with zero attached hydrogens (tertiary/aromatic N) is 3. The predicted molar refractivity (Wildman–Crippen MR) is 78.7 cm³/mol. The molecule has 0 saturated heterocycles. The molecule has 5 heteroatoms. The van der Waals surface area contributed by atoms with E-state index < -0.39 is 0 Å². The van der Waals surface area contributed by atoms with Crippen LogP contribution in [0.25, 0.3) is 11.3 Å². The maximum Gasteiger partial charge on any atom is 0.171 e. The molecule has 0 radical (unpaired) electrons. The Kier molecular flexibility index (Phi) is 2.97. The smallest absolute Gasteiger partial charge is 0.171 e. The zero-order chi connectivity index (χ0) is 14.3. The molecule has 3 rings (SSSR count). The van der Waals surface area contributed by atoms with Crippen molar-refractivity contribution in [1.29, 1.82) is 0 Å². The van der Waals surface area contributed by atoms with E-state index in [1.165, 1.54) is 17.5 Å². The molecule has 20 heavy (non-hydrogen) atoms. The Hall–Kier alpha value is -2.30.